The molecule has 0 aliphatic rings. The van der Waals surface area contributed by atoms with Gasteiger partial charge in [-0.1, -0.05) is 302 Å². The molecule has 0 saturated carbocycles. The highest BCUT2D eigenvalue weighted by Crippen LogP contribution is 2.18. The zero-order valence-corrected chi connectivity index (χ0v) is 46.8. The van der Waals surface area contributed by atoms with E-state index in [-0.39, 0.29) is 18.5 Å². The predicted octanol–water partition coefficient (Wildman–Crippen LogP) is 19.6. The molecule has 0 aromatic rings. The first-order valence-corrected chi connectivity index (χ1v) is 31.4. The number of carbonyl (C=O) groups excluding carboxylic acids is 2. The minimum atomic E-state index is -0.672. The summed E-state index contributed by atoms with van der Waals surface area (Å²) in [4.78, 5) is 24.6. The lowest BCUT2D eigenvalue weighted by Crippen LogP contribution is -2.45. The predicted molar refractivity (Wildman–Crippen MR) is 301 cm³/mol. The molecular formula is C63H123NO5. The Morgan fingerprint density at radius 2 is 0.681 bits per heavy atom. The van der Waals surface area contributed by atoms with Crippen LogP contribution in [0.4, 0.5) is 0 Å². The number of allylic oxidation sites excluding steroid dienone is 2. The van der Waals surface area contributed by atoms with Crippen molar-refractivity contribution in [3.8, 4) is 0 Å². The first-order chi connectivity index (χ1) is 34.0. The normalized spacial score (nSPS) is 12.6. The maximum absolute atomic E-state index is 12.5. The fourth-order valence-corrected chi connectivity index (χ4v) is 9.99. The SMILES string of the molecule is CCCCCCC/C=C\CCCCCCCC(=O)OCCCCCCCCCCCCCCCCC(=O)NC(CO)C(O)CCCCCCCCCCCCCCCCCCCCCCCCCC. The molecule has 2 atom stereocenters. The van der Waals surface area contributed by atoms with Crippen LogP contribution < -0.4 is 5.32 Å². The number of aliphatic hydroxyl groups is 2. The number of ether oxygens (including phenoxy) is 1. The Morgan fingerprint density at radius 1 is 0.391 bits per heavy atom. The van der Waals surface area contributed by atoms with Gasteiger partial charge in [0, 0.05) is 12.8 Å². The van der Waals surface area contributed by atoms with Crippen LogP contribution in [0.25, 0.3) is 0 Å². The number of rotatable bonds is 59. The summed E-state index contributed by atoms with van der Waals surface area (Å²) in [7, 11) is 0. The highest BCUT2D eigenvalue weighted by atomic mass is 16.5. The van der Waals surface area contributed by atoms with Crippen LogP contribution in [0.15, 0.2) is 12.2 Å². The van der Waals surface area contributed by atoms with Gasteiger partial charge in [-0.3, -0.25) is 9.59 Å². The van der Waals surface area contributed by atoms with E-state index in [9.17, 15) is 19.8 Å². The molecule has 0 aliphatic carbocycles. The molecule has 69 heavy (non-hydrogen) atoms. The van der Waals surface area contributed by atoms with Crippen LogP contribution in [0.1, 0.15) is 354 Å². The topological polar surface area (TPSA) is 95.9 Å². The van der Waals surface area contributed by atoms with Crippen LogP contribution in [-0.4, -0.2) is 47.4 Å². The van der Waals surface area contributed by atoms with E-state index in [1.807, 2.05) is 0 Å². The summed E-state index contributed by atoms with van der Waals surface area (Å²) in [5.74, 6) is -0.0508. The van der Waals surface area contributed by atoms with Crippen LogP contribution in [-0.2, 0) is 14.3 Å². The summed E-state index contributed by atoms with van der Waals surface area (Å²) in [6, 6.07) is -0.550. The van der Waals surface area contributed by atoms with E-state index < -0.39 is 12.1 Å². The maximum Gasteiger partial charge on any atom is 0.305 e. The Hall–Kier alpha value is -1.40. The third-order valence-electron chi connectivity index (χ3n) is 14.8. The maximum atomic E-state index is 12.5. The van der Waals surface area contributed by atoms with Gasteiger partial charge >= 0.3 is 5.97 Å². The molecule has 2 unspecified atom stereocenters. The van der Waals surface area contributed by atoms with E-state index in [1.54, 1.807) is 0 Å². The minimum absolute atomic E-state index is 0.00938. The molecule has 0 fully saturated rings. The molecule has 6 heteroatoms. The second-order valence-electron chi connectivity index (χ2n) is 21.7. The van der Waals surface area contributed by atoms with Gasteiger partial charge in [-0.05, 0) is 51.4 Å². The molecule has 0 aliphatic heterocycles. The Balaban J connectivity index is 3.43. The molecule has 0 aromatic heterocycles. The van der Waals surface area contributed by atoms with Crippen molar-refractivity contribution in [3.63, 3.8) is 0 Å². The summed E-state index contributed by atoms with van der Waals surface area (Å²) in [6.07, 6.45) is 70.7. The number of amides is 1. The lowest BCUT2D eigenvalue weighted by molar-refractivity contribution is -0.143. The van der Waals surface area contributed by atoms with E-state index in [1.165, 1.54) is 270 Å². The monoisotopic (exact) mass is 974 g/mol. The van der Waals surface area contributed by atoms with Gasteiger partial charge in [-0.15, -0.1) is 0 Å². The number of esters is 1. The number of nitrogens with one attached hydrogen (secondary N) is 1. The molecule has 0 bridgehead atoms. The van der Waals surface area contributed by atoms with Gasteiger partial charge in [0.2, 0.25) is 5.91 Å². The number of hydrogen-bond donors (Lipinski definition) is 3. The lowest BCUT2D eigenvalue weighted by atomic mass is 10.0. The number of unbranched alkanes of at least 4 members (excludes halogenated alkanes) is 46. The van der Waals surface area contributed by atoms with Crippen molar-refractivity contribution in [2.75, 3.05) is 13.2 Å². The van der Waals surface area contributed by atoms with E-state index >= 15 is 0 Å². The van der Waals surface area contributed by atoms with E-state index in [0.29, 0.717) is 25.9 Å². The Kier molecular flexibility index (Phi) is 58.0. The highest BCUT2D eigenvalue weighted by molar-refractivity contribution is 5.76. The van der Waals surface area contributed by atoms with Gasteiger partial charge in [0.1, 0.15) is 0 Å². The van der Waals surface area contributed by atoms with Crippen molar-refractivity contribution in [1.29, 1.82) is 0 Å². The summed E-state index contributed by atoms with van der Waals surface area (Å²) in [5, 5.41) is 23.4. The van der Waals surface area contributed by atoms with Crippen LogP contribution in [0.3, 0.4) is 0 Å². The molecule has 6 nitrogen and oxygen atoms in total. The van der Waals surface area contributed by atoms with Crippen molar-refractivity contribution in [2.24, 2.45) is 0 Å². The zero-order chi connectivity index (χ0) is 50.0. The lowest BCUT2D eigenvalue weighted by Gasteiger charge is -2.22. The second-order valence-corrected chi connectivity index (χ2v) is 21.7. The first-order valence-electron chi connectivity index (χ1n) is 31.4. The molecule has 1 amide bonds. The summed E-state index contributed by atoms with van der Waals surface area (Å²) < 4.78 is 5.47. The molecule has 0 aromatic carbocycles. The fraction of sp³-hybridized carbons (Fsp3) is 0.937. The average molecular weight is 975 g/mol. The molecule has 0 rings (SSSR count). The molecule has 3 N–H and O–H groups in total. The van der Waals surface area contributed by atoms with Crippen molar-refractivity contribution >= 4 is 11.9 Å². The van der Waals surface area contributed by atoms with E-state index in [4.69, 9.17) is 4.74 Å². The summed E-state index contributed by atoms with van der Waals surface area (Å²) in [6.45, 7) is 4.95. The zero-order valence-electron chi connectivity index (χ0n) is 46.8. The van der Waals surface area contributed by atoms with Crippen molar-refractivity contribution in [3.05, 3.63) is 12.2 Å². The largest absolute Gasteiger partial charge is 0.466 e. The standard InChI is InChI=1S/C63H123NO5/c1-3-5-7-9-11-13-15-17-19-20-21-22-23-24-25-26-27-28-31-35-39-43-47-51-55-61(66)60(59-65)64-62(67)56-52-48-44-40-36-32-29-30-34-38-42-46-50-54-58-69-63(68)57-53-49-45-41-37-33-18-16-14-12-10-8-6-4-2/h16,18,60-61,65-66H,3-15,17,19-59H2,1-2H3,(H,64,67)/b18-16-. The highest BCUT2D eigenvalue weighted by Gasteiger charge is 2.20. The van der Waals surface area contributed by atoms with Gasteiger partial charge in [-0.25, -0.2) is 0 Å². The van der Waals surface area contributed by atoms with Crippen LogP contribution in [0.2, 0.25) is 0 Å². The van der Waals surface area contributed by atoms with Gasteiger partial charge < -0.3 is 20.3 Å². The van der Waals surface area contributed by atoms with Crippen molar-refractivity contribution < 1.29 is 24.5 Å². The Labute approximate surface area is 431 Å². The Bertz CT molecular complexity index is 1030. The van der Waals surface area contributed by atoms with E-state index in [0.717, 1.165) is 51.4 Å². The number of carbonyl (C=O) groups is 2. The average Bonchev–Trinajstić information content (AvgIpc) is 3.35. The van der Waals surface area contributed by atoms with E-state index in [2.05, 4.69) is 31.3 Å². The second kappa shape index (κ2) is 59.2. The van der Waals surface area contributed by atoms with Crippen molar-refractivity contribution in [2.45, 2.75) is 366 Å². The quantitative estimate of drug-likeness (QED) is 0.0321. The first kappa shape index (κ1) is 67.6. The third kappa shape index (κ3) is 55.8. The van der Waals surface area contributed by atoms with Crippen LogP contribution >= 0.6 is 0 Å². The van der Waals surface area contributed by atoms with Crippen LogP contribution in [0, 0.1) is 0 Å². The van der Waals surface area contributed by atoms with Crippen molar-refractivity contribution in [1.82, 2.24) is 5.32 Å². The van der Waals surface area contributed by atoms with Gasteiger partial charge in [-0.2, -0.15) is 0 Å². The molecule has 0 spiro atoms. The van der Waals surface area contributed by atoms with Gasteiger partial charge in [0.05, 0.1) is 25.4 Å². The minimum Gasteiger partial charge on any atom is -0.466 e. The number of aliphatic hydroxyl groups excluding tert-OH is 2. The molecular weight excluding hydrogens is 851 g/mol. The number of hydrogen-bond acceptors (Lipinski definition) is 5. The summed E-state index contributed by atoms with van der Waals surface area (Å²) in [5.41, 5.74) is 0. The summed E-state index contributed by atoms with van der Waals surface area (Å²) >= 11 is 0. The van der Waals surface area contributed by atoms with Gasteiger partial charge in [0.15, 0.2) is 0 Å². The van der Waals surface area contributed by atoms with Crippen LogP contribution in [0.5, 0.6) is 0 Å². The fourth-order valence-electron chi connectivity index (χ4n) is 9.99. The van der Waals surface area contributed by atoms with Gasteiger partial charge in [0.25, 0.3) is 0 Å². The molecule has 410 valence electrons. The third-order valence-corrected chi connectivity index (χ3v) is 14.8. The molecule has 0 saturated heterocycles. The smallest absolute Gasteiger partial charge is 0.305 e. The molecule has 0 radical (unpaired) electrons. The molecule has 0 heterocycles. The Morgan fingerprint density at radius 3 is 1.03 bits per heavy atom.